The van der Waals surface area contributed by atoms with Crippen LogP contribution >= 0.6 is 0 Å². The first-order chi connectivity index (χ1) is 22.5. The van der Waals surface area contributed by atoms with Gasteiger partial charge in [-0.1, -0.05) is 26.3 Å². The molecular weight excluding hydrogens is 660 g/mol. The summed E-state index contributed by atoms with van der Waals surface area (Å²) in [5.41, 5.74) is -2.98. The van der Waals surface area contributed by atoms with Gasteiger partial charge in [-0.25, -0.2) is 19.2 Å². The van der Waals surface area contributed by atoms with Gasteiger partial charge in [-0.05, 0) is 27.7 Å². The van der Waals surface area contributed by atoms with Crippen molar-refractivity contribution >= 4 is 23.9 Å². The Kier molecular flexibility index (Phi) is 34.2. The zero-order valence-electron chi connectivity index (χ0n) is 28.6. The molecule has 0 heterocycles. The predicted molar refractivity (Wildman–Crippen MR) is 175 cm³/mol. The summed E-state index contributed by atoms with van der Waals surface area (Å²) in [7, 11) is 0. The molecule has 0 bridgehead atoms. The summed E-state index contributed by atoms with van der Waals surface area (Å²) >= 11 is 0. The van der Waals surface area contributed by atoms with Gasteiger partial charge in [-0.15, -0.1) is 0 Å². The van der Waals surface area contributed by atoms with E-state index in [1.807, 2.05) is 0 Å². The number of carboxylic acid groups (broad SMARTS) is 4. The summed E-state index contributed by atoms with van der Waals surface area (Å²) in [6.45, 7) is 13.6. The normalized spacial score (nSPS) is 10.5. The molecule has 0 aromatic carbocycles. The molecular formula is C31H56O18. The number of rotatable bonds is 20. The molecule has 0 saturated heterocycles. The molecule has 0 rings (SSSR count). The lowest BCUT2D eigenvalue weighted by Gasteiger charge is -2.34. The maximum atomic E-state index is 9.60. The maximum absolute atomic E-state index is 9.60. The van der Waals surface area contributed by atoms with Crippen molar-refractivity contribution in [3.8, 4) is 0 Å². The Morgan fingerprint density at radius 3 is 0.612 bits per heavy atom. The number of ether oxygens (including phenoxy) is 2. The van der Waals surface area contributed by atoms with E-state index in [4.69, 9.17) is 29.9 Å². The van der Waals surface area contributed by atoms with Gasteiger partial charge in [-0.2, -0.15) is 0 Å². The van der Waals surface area contributed by atoms with Gasteiger partial charge in [0.25, 0.3) is 0 Å². The molecule has 18 nitrogen and oxygen atoms in total. The molecule has 0 aliphatic heterocycles. The number of aliphatic hydroxyl groups is 8. The van der Waals surface area contributed by atoms with Crippen LogP contribution in [0.4, 0.5) is 0 Å². The van der Waals surface area contributed by atoms with Crippen molar-refractivity contribution in [2.75, 3.05) is 79.3 Å². The topological polar surface area (TPSA) is 330 Å². The van der Waals surface area contributed by atoms with Crippen molar-refractivity contribution < 1.29 is 89.9 Å². The Balaban J connectivity index is -0.000000215. The van der Waals surface area contributed by atoms with E-state index in [9.17, 15) is 60.0 Å². The van der Waals surface area contributed by atoms with Gasteiger partial charge in [0.2, 0.25) is 0 Å². The van der Waals surface area contributed by atoms with E-state index in [0.717, 1.165) is 0 Å². The summed E-state index contributed by atoms with van der Waals surface area (Å²) in [5.74, 6) is -3.74. The summed E-state index contributed by atoms with van der Waals surface area (Å²) in [4.78, 5) is 38.4. The molecule has 0 atom stereocenters. The smallest absolute Gasteiger partial charge is 0.330 e. The summed E-state index contributed by atoms with van der Waals surface area (Å²) in [6.07, 6.45) is 0. The maximum Gasteiger partial charge on any atom is 0.330 e. The quantitative estimate of drug-likeness (QED) is 0.0638. The first-order valence-electron chi connectivity index (χ1n) is 14.1. The van der Waals surface area contributed by atoms with Crippen LogP contribution in [0, 0.1) is 16.2 Å². The van der Waals surface area contributed by atoms with Crippen LogP contribution < -0.4 is 0 Å². The fourth-order valence-electron chi connectivity index (χ4n) is 1.82. The van der Waals surface area contributed by atoms with Crippen LogP contribution in [0.5, 0.6) is 0 Å². The lowest BCUT2D eigenvalue weighted by atomic mass is 9.90. The lowest BCUT2D eigenvalue weighted by Crippen LogP contribution is -2.45. The average molecular weight is 717 g/mol. The Bertz CT molecular complexity index is 819. The molecule has 0 amide bonds. The second kappa shape index (κ2) is 30.5. The number of hydrogen-bond acceptors (Lipinski definition) is 14. The Hall–Kier alpha value is -3.56. The van der Waals surface area contributed by atoms with Crippen LogP contribution in [-0.2, 0) is 28.7 Å². The van der Waals surface area contributed by atoms with E-state index in [-0.39, 0.29) is 48.7 Å². The second-order valence-corrected chi connectivity index (χ2v) is 11.1. The molecule has 0 spiro atoms. The van der Waals surface area contributed by atoms with Crippen molar-refractivity contribution in [1.29, 1.82) is 0 Å². The molecule has 0 radical (unpaired) electrons. The average Bonchev–Trinajstić information content (AvgIpc) is 3.05. The zero-order chi connectivity index (χ0) is 40.0. The van der Waals surface area contributed by atoms with E-state index in [0.29, 0.717) is 0 Å². The molecule has 0 aromatic rings. The van der Waals surface area contributed by atoms with E-state index >= 15 is 0 Å². The number of aliphatic hydroxyl groups excluding tert-OH is 8. The standard InChI is InChI=1S/C15H32O10.4C4H6O2/c16-1-13(2-17,3-18)9-24-11-15(7-22,8-23)12-25-10-14(4-19,5-20)6-21;4*1-3(2)4(5)6/h16-23H,1-12H2;4*1H2,2H3,(H,5,6). The molecule has 0 fully saturated rings. The number of carboxylic acids is 4. The highest BCUT2D eigenvalue weighted by molar-refractivity contribution is 5.85. The highest BCUT2D eigenvalue weighted by atomic mass is 16.5. The van der Waals surface area contributed by atoms with Crippen LogP contribution in [0.15, 0.2) is 48.6 Å². The monoisotopic (exact) mass is 716 g/mol. The Morgan fingerprint density at radius 2 is 0.510 bits per heavy atom. The minimum Gasteiger partial charge on any atom is -0.478 e. The lowest BCUT2D eigenvalue weighted by molar-refractivity contribution is -0.133. The Morgan fingerprint density at radius 1 is 0.388 bits per heavy atom. The number of carbonyl (C=O) groups is 4. The predicted octanol–water partition coefficient (Wildman–Crippen LogP) is -1.49. The number of hydrogen-bond donors (Lipinski definition) is 12. The minimum atomic E-state index is -1.24. The molecule has 0 aliphatic rings. The first-order valence-corrected chi connectivity index (χ1v) is 14.1. The van der Waals surface area contributed by atoms with Crippen LogP contribution in [0.25, 0.3) is 0 Å². The SMILES string of the molecule is C=C(C)C(=O)O.C=C(C)C(=O)O.C=C(C)C(=O)O.C=C(C)C(=O)O.OCC(CO)(CO)COCC(CO)(CO)COCC(CO)(CO)CO. The van der Waals surface area contributed by atoms with Crippen molar-refractivity contribution in [2.45, 2.75) is 27.7 Å². The summed E-state index contributed by atoms with van der Waals surface area (Å²) in [6, 6.07) is 0. The highest BCUT2D eigenvalue weighted by Crippen LogP contribution is 2.23. The minimum absolute atomic E-state index is 0.176. The highest BCUT2D eigenvalue weighted by Gasteiger charge is 2.35. The molecule has 18 heteroatoms. The van der Waals surface area contributed by atoms with Gasteiger partial charge in [0.1, 0.15) is 0 Å². The fourth-order valence-corrected chi connectivity index (χ4v) is 1.82. The van der Waals surface area contributed by atoms with Crippen molar-refractivity contribution in [1.82, 2.24) is 0 Å². The number of aliphatic carboxylic acids is 4. The molecule has 12 N–H and O–H groups in total. The van der Waals surface area contributed by atoms with Gasteiger partial charge >= 0.3 is 23.9 Å². The largest absolute Gasteiger partial charge is 0.478 e. The molecule has 0 saturated carbocycles. The summed E-state index contributed by atoms with van der Waals surface area (Å²) < 4.78 is 10.7. The van der Waals surface area contributed by atoms with Crippen molar-refractivity contribution in [3.63, 3.8) is 0 Å². The second-order valence-electron chi connectivity index (χ2n) is 11.1. The van der Waals surface area contributed by atoms with Gasteiger partial charge in [-0.3, -0.25) is 0 Å². The molecule has 0 aromatic heterocycles. The molecule has 49 heavy (non-hydrogen) atoms. The third-order valence-corrected chi connectivity index (χ3v) is 5.78. The third kappa shape index (κ3) is 29.1. The first kappa shape index (κ1) is 54.9. The zero-order valence-corrected chi connectivity index (χ0v) is 28.6. The van der Waals surface area contributed by atoms with Gasteiger partial charge in [0.05, 0.1) is 95.5 Å². The van der Waals surface area contributed by atoms with Crippen LogP contribution in [0.2, 0.25) is 0 Å². The van der Waals surface area contributed by atoms with Gasteiger partial charge in [0.15, 0.2) is 0 Å². The Labute approximate surface area is 285 Å². The molecule has 0 unspecified atom stereocenters. The van der Waals surface area contributed by atoms with Crippen LogP contribution in [-0.4, -0.2) is 164 Å². The van der Waals surface area contributed by atoms with Crippen LogP contribution in [0.3, 0.4) is 0 Å². The van der Waals surface area contributed by atoms with Gasteiger partial charge in [0, 0.05) is 22.3 Å². The summed E-state index contributed by atoms with van der Waals surface area (Å²) in [5, 5.41) is 106. The van der Waals surface area contributed by atoms with E-state index < -0.39 is 93.0 Å². The van der Waals surface area contributed by atoms with E-state index in [1.54, 1.807) is 0 Å². The van der Waals surface area contributed by atoms with E-state index in [2.05, 4.69) is 26.3 Å². The molecule has 0 aliphatic carbocycles. The van der Waals surface area contributed by atoms with E-state index in [1.165, 1.54) is 27.7 Å². The van der Waals surface area contributed by atoms with Gasteiger partial charge < -0.3 is 70.8 Å². The third-order valence-electron chi connectivity index (χ3n) is 5.78. The fraction of sp³-hybridized carbons (Fsp3) is 0.613. The van der Waals surface area contributed by atoms with Crippen molar-refractivity contribution in [2.24, 2.45) is 16.2 Å². The molecule has 288 valence electrons. The van der Waals surface area contributed by atoms with Crippen molar-refractivity contribution in [3.05, 3.63) is 48.6 Å². The van der Waals surface area contributed by atoms with Crippen LogP contribution in [0.1, 0.15) is 27.7 Å².